The maximum atomic E-state index is 11.4. The quantitative estimate of drug-likeness (QED) is 0.497. The number of phenols is 2. The maximum absolute atomic E-state index is 11.4. The van der Waals surface area contributed by atoms with E-state index >= 15 is 0 Å². The van der Waals surface area contributed by atoms with E-state index < -0.39 is 0 Å². The van der Waals surface area contributed by atoms with Gasteiger partial charge in [-0.1, -0.05) is 0 Å². The average molecular weight is 209 g/mol. The Bertz CT molecular complexity index is 400. The van der Waals surface area contributed by atoms with Crippen LogP contribution >= 0.6 is 0 Å². The first-order valence-corrected chi connectivity index (χ1v) is 4.30. The molecule has 0 saturated heterocycles. The van der Waals surface area contributed by atoms with Gasteiger partial charge in [0.15, 0.2) is 17.3 Å². The van der Waals surface area contributed by atoms with E-state index in [4.69, 9.17) is 10.2 Å². The summed E-state index contributed by atoms with van der Waals surface area (Å²) in [5, 5.41) is 20.5. The van der Waals surface area contributed by atoms with Gasteiger partial charge in [0.2, 0.25) is 5.91 Å². The van der Waals surface area contributed by atoms with Gasteiger partial charge in [0, 0.05) is 12.5 Å². The molecule has 3 N–H and O–H groups in total. The van der Waals surface area contributed by atoms with Crippen LogP contribution in [-0.4, -0.2) is 28.4 Å². The number of benzene rings is 1. The SMILES string of the molecule is CC(=O)NCC(=O)c1ccc(O)c(O)c1. The molecular weight excluding hydrogens is 198 g/mol. The first-order chi connectivity index (χ1) is 7.00. The predicted octanol–water partition coefficient (Wildman–Crippen LogP) is 0.417. The molecule has 0 heterocycles. The standard InChI is InChI=1S/C10H11NO4/c1-6(12)11-5-10(15)7-2-3-8(13)9(14)4-7/h2-4,13-14H,5H2,1H3,(H,11,12). The lowest BCUT2D eigenvalue weighted by atomic mass is 10.1. The molecule has 0 aliphatic heterocycles. The van der Waals surface area contributed by atoms with E-state index in [1.807, 2.05) is 0 Å². The van der Waals surface area contributed by atoms with Gasteiger partial charge in [-0.05, 0) is 18.2 Å². The molecular formula is C10H11NO4. The van der Waals surface area contributed by atoms with Gasteiger partial charge < -0.3 is 15.5 Å². The summed E-state index contributed by atoms with van der Waals surface area (Å²) in [4.78, 5) is 22.0. The summed E-state index contributed by atoms with van der Waals surface area (Å²) in [5.74, 6) is -1.28. The van der Waals surface area contributed by atoms with Crippen LogP contribution in [0.2, 0.25) is 0 Å². The van der Waals surface area contributed by atoms with Gasteiger partial charge in [0.1, 0.15) is 0 Å². The zero-order chi connectivity index (χ0) is 11.4. The Balaban J connectivity index is 2.74. The fraction of sp³-hybridized carbons (Fsp3) is 0.200. The molecule has 0 aliphatic rings. The number of Topliss-reactive ketones (excluding diaryl/α,β-unsaturated/α-hetero) is 1. The van der Waals surface area contributed by atoms with Crippen molar-refractivity contribution in [3.05, 3.63) is 23.8 Å². The lowest BCUT2D eigenvalue weighted by molar-refractivity contribution is -0.118. The molecule has 0 aliphatic carbocycles. The molecule has 5 heteroatoms. The number of ketones is 1. The largest absolute Gasteiger partial charge is 0.504 e. The van der Waals surface area contributed by atoms with Gasteiger partial charge in [-0.25, -0.2) is 0 Å². The number of carbonyl (C=O) groups excluding carboxylic acids is 2. The van der Waals surface area contributed by atoms with Crippen LogP contribution in [0.25, 0.3) is 0 Å². The zero-order valence-electron chi connectivity index (χ0n) is 8.15. The molecule has 15 heavy (non-hydrogen) atoms. The van der Waals surface area contributed by atoms with Crippen LogP contribution in [0.3, 0.4) is 0 Å². The Kier molecular flexibility index (Phi) is 3.28. The molecule has 80 valence electrons. The Morgan fingerprint density at radius 2 is 1.93 bits per heavy atom. The van der Waals surface area contributed by atoms with E-state index in [-0.39, 0.29) is 35.3 Å². The molecule has 1 rings (SSSR count). The van der Waals surface area contributed by atoms with Crippen molar-refractivity contribution in [1.82, 2.24) is 5.32 Å². The summed E-state index contributed by atoms with van der Waals surface area (Å²) in [6.07, 6.45) is 0. The monoisotopic (exact) mass is 209 g/mol. The van der Waals surface area contributed by atoms with Crippen LogP contribution in [-0.2, 0) is 4.79 Å². The third kappa shape index (κ3) is 2.98. The molecule has 0 saturated carbocycles. The summed E-state index contributed by atoms with van der Waals surface area (Å²) < 4.78 is 0. The maximum Gasteiger partial charge on any atom is 0.217 e. The highest BCUT2D eigenvalue weighted by Gasteiger charge is 2.08. The minimum absolute atomic E-state index is 0.125. The van der Waals surface area contributed by atoms with Crippen molar-refractivity contribution < 1.29 is 19.8 Å². The minimum atomic E-state index is -0.358. The van der Waals surface area contributed by atoms with E-state index in [0.717, 1.165) is 6.07 Å². The molecule has 0 atom stereocenters. The Morgan fingerprint density at radius 3 is 2.47 bits per heavy atom. The second kappa shape index (κ2) is 4.45. The van der Waals surface area contributed by atoms with Crippen LogP contribution in [0.4, 0.5) is 0 Å². The number of aromatic hydroxyl groups is 2. The topological polar surface area (TPSA) is 86.6 Å². The molecule has 0 spiro atoms. The molecule has 0 bridgehead atoms. The fourth-order valence-electron chi connectivity index (χ4n) is 1.00. The smallest absolute Gasteiger partial charge is 0.217 e. The number of carbonyl (C=O) groups is 2. The summed E-state index contributed by atoms with van der Waals surface area (Å²) in [6, 6.07) is 3.75. The van der Waals surface area contributed by atoms with E-state index in [0.29, 0.717) is 0 Å². The van der Waals surface area contributed by atoms with Crippen LogP contribution < -0.4 is 5.32 Å². The molecule has 0 unspecified atom stereocenters. The van der Waals surface area contributed by atoms with Crippen molar-refractivity contribution in [3.8, 4) is 11.5 Å². The Labute approximate surface area is 86.4 Å². The first kappa shape index (κ1) is 11.0. The predicted molar refractivity (Wildman–Crippen MR) is 52.8 cm³/mol. The van der Waals surface area contributed by atoms with E-state index in [1.54, 1.807) is 0 Å². The highest BCUT2D eigenvalue weighted by atomic mass is 16.3. The summed E-state index contributed by atoms with van der Waals surface area (Å²) >= 11 is 0. The highest BCUT2D eigenvalue weighted by molar-refractivity contribution is 5.99. The third-order valence-electron chi connectivity index (χ3n) is 1.80. The molecule has 1 amide bonds. The van der Waals surface area contributed by atoms with E-state index in [2.05, 4.69) is 5.32 Å². The van der Waals surface area contributed by atoms with Crippen LogP contribution in [0.15, 0.2) is 18.2 Å². The average Bonchev–Trinajstić information content (AvgIpc) is 2.18. The zero-order valence-corrected chi connectivity index (χ0v) is 8.15. The van der Waals surface area contributed by atoms with Gasteiger partial charge in [-0.2, -0.15) is 0 Å². The molecule has 0 radical (unpaired) electrons. The van der Waals surface area contributed by atoms with Crippen molar-refractivity contribution in [2.45, 2.75) is 6.92 Å². The summed E-state index contributed by atoms with van der Waals surface area (Å²) in [7, 11) is 0. The molecule has 0 aromatic heterocycles. The molecule has 1 aromatic rings. The van der Waals surface area contributed by atoms with E-state index in [9.17, 15) is 9.59 Å². The van der Waals surface area contributed by atoms with Crippen LogP contribution in [0.5, 0.6) is 11.5 Å². The van der Waals surface area contributed by atoms with Gasteiger partial charge in [0.25, 0.3) is 0 Å². The number of amides is 1. The second-order valence-electron chi connectivity index (χ2n) is 3.04. The number of rotatable bonds is 3. The Hall–Kier alpha value is -2.04. The lowest BCUT2D eigenvalue weighted by Crippen LogP contribution is -2.27. The van der Waals surface area contributed by atoms with Crippen molar-refractivity contribution in [3.63, 3.8) is 0 Å². The highest BCUT2D eigenvalue weighted by Crippen LogP contribution is 2.24. The number of nitrogens with one attached hydrogen (secondary N) is 1. The number of hydrogen-bond acceptors (Lipinski definition) is 4. The Morgan fingerprint density at radius 1 is 1.27 bits per heavy atom. The van der Waals surface area contributed by atoms with Crippen LogP contribution in [0.1, 0.15) is 17.3 Å². The van der Waals surface area contributed by atoms with Gasteiger partial charge in [-0.15, -0.1) is 0 Å². The summed E-state index contributed by atoms with van der Waals surface area (Å²) in [5.41, 5.74) is 0.235. The fourth-order valence-corrected chi connectivity index (χ4v) is 1.00. The van der Waals surface area contributed by atoms with Gasteiger partial charge in [-0.3, -0.25) is 9.59 Å². The van der Waals surface area contributed by atoms with Crippen molar-refractivity contribution in [2.24, 2.45) is 0 Å². The normalized spacial score (nSPS) is 9.67. The number of hydrogen-bond donors (Lipinski definition) is 3. The van der Waals surface area contributed by atoms with Crippen molar-refractivity contribution in [1.29, 1.82) is 0 Å². The van der Waals surface area contributed by atoms with E-state index in [1.165, 1.54) is 19.1 Å². The number of phenolic OH excluding ortho intramolecular Hbond substituents is 2. The second-order valence-corrected chi connectivity index (χ2v) is 3.04. The third-order valence-corrected chi connectivity index (χ3v) is 1.80. The summed E-state index contributed by atoms with van der Waals surface area (Å²) in [6.45, 7) is 1.18. The van der Waals surface area contributed by atoms with Crippen LogP contribution in [0, 0.1) is 0 Å². The molecule has 0 fully saturated rings. The van der Waals surface area contributed by atoms with Crippen molar-refractivity contribution in [2.75, 3.05) is 6.54 Å². The van der Waals surface area contributed by atoms with Gasteiger partial charge in [0.05, 0.1) is 6.54 Å². The minimum Gasteiger partial charge on any atom is -0.504 e. The lowest BCUT2D eigenvalue weighted by Gasteiger charge is -2.03. The first-order valence-electron chi connectivity index (χ1n) is 4.30. The molecule has 5 nitrogen and oxygen atoms in total. The molecule has 1 aromatic carbocycles. The van der Waals surface area contributed by atoms with Gasteiger partial charge >= 0.3 is 0 Å². The van der Waals surface area contributed by atoms with Crippen molar-refractivity contribution >= 4 is 11.7 Å².